The van der Waals surface area contributed by atoms with Crippen molar-refractivity contribution in [2.75, 3.05) is 5.32 Å². The van der Waals surface area contributed by atoms with Crippen LogP contribution < -0.4 is 16.6 Å². The van der Waals surface area contributed by atoms with Crippen molar-refractivity contribution < 1.29 is 4.79 Å². The highest BCUT2D eigenvalue weighted by atomic mass is 16.2. The summed E-state index contributed by atoms with van der Waals surface area (Å²) in [6.45, 7) is 5.60. The Kier molecular flexibility index (Phi) is 4.23. The molecule has 0 unspecified atom stereocenters. The molecule has 3 rings (SSSR count). The van der Waals surface area contributed by atoms with E-state index in [9.17, 15) is 14.4 Å². The van der Waals surface area contributed by atoms with E-state index in [2.05, 4.69) is 10.3 Å². The number of carbonyl (C=O) groups excluding carboxylic acids is 1. The number of pyridine rings is 1. The average Bonchev–Trinajstić information content (AvgIpc) is 2.58. The summed E-state index contributed by atoms with van der Waals surface area (Å²) in [5.41, 5.74) is 2.75. The molecule has 7 heteroatoms. The van der Waals surface area contributed by atoms with Crippen LogP contribution in [0, 0.1) is 20.8 Å². The number of benzene rings is 1. The Bertz CT molecular complexity index is 1150. The Balaban J connectivity index is 2.22. The fraction of sp³-hybridized carbons (Fsp3) is 0.263. The second-order valence-electron chi connectivity index (χ2n) is 6.55. The fourth-order valence-corrected chi connectivity index (χ4v) is 3.08. The van der Waals surface area contributed by atoms with Gasteiger partial charge in [-0.1, -0.05) is 17.2 Å². The van der Waals surface area contributed by atoms with Crippen LogP contribution in [0.4, 0.5) is 5.69 Å². The molecule has 1 aromatic carbocycles. The maximum Gasteiger partial charge on any atom is 0.332 e. The maximum atomic E-state index is 12.8. The molecule has 1 amide bonds. The van der Waals surface area contributed by atoms with Crippen molar-refractivity contribution in [3.63, 3.8) is 0 Å². The molecule has 0 spiro atoms. The summed E-state index contributed by atoms with van der Waals surface area (Å²) >= 11 is 0. The lowest BCUT2D eigenvalue weighted by Crippen LogP contribution is -2.37. The van der Waals surface area contributed by atoms with Crippen LogP contribution in [-0.4, -0.2) is 20.0 Å². The third-order valence-corrected chi connectivity index (χ3v) is 4.38. The molecule has 0 saturated carbocycles. The van der Waals surface area contributed by atoms with E-state index in [0.717, 1.165) is 15.7 Å². The number of nitrogens with zero attached hydrogens (tertiary/aromatic N) is 3. The van der Waals surface area contributed by atoms with Crippen LogP contribution >= 0.6 is 0 Å². The number of anilines is 1. The molecule has 0 radical (unpaired) electrons. The molecule has 3 aromatic rings. The summed E-state index contributed by atoms with van der Waals surface area (Å²) in [5.74, 6) is -0.316. The minimum Gasteiger partial charge on any atom is -0.321 e. The summed E-state index contributed by atoms with van der Waals surface area (Å²) in [6.07, 6.45) is 1.54. The number of hydrogen-bond acceptors (Lipinski definition) is 4. The lowest BCUT2D eigenvalue weighted by atomic mass is 10.1. The van der Waals surface area contributed by atoms with E-state index < -0.39 is 11.2 Å². The molecule has 0 atom stereocenters. The first-order valence-electron chi connectivity index (χ1n) is 8.15. The van der Waals surface area contributed by atoms with Crippen molar-refractivity contribution in [2.45, 2.75) is 20.8 Å². The fourth-order valence-electron chi connectivity index (χ4n) is 3.08. The molecule has 2 heterocycles. The number of aryl methyl sites for hydroxylation is 4. The first kappa shape index (κ1) is 17.6. The largest absolute Gasteiger partial charge is 0.332 e. The highest BCUT2D eigenvalue weighted by Gasteiger charge is 2.18. The molecule has 0 saturated heterocycles. The van der Waals surface area contributed by atoms with Crippen LogP contribution in [0.2, 0.25) is 0 Å². The van der Waals surface area contributed by atoms with Crippen LogP contribution in [0.3, 0.4) is 0 Å². The standard InChI is InChI=1S/C19H20N4O3/c1-10-6-11(2)8-13(7-10)17(24)21-15-12(3)9-20-16-14(15)18(25)23(5)19(26)22(16)4/h6-9H,1-5H3,(H,20,21,24). The van der Waals surface area contributed by atoms with Crippen LogP contribution in [0.15, 0.2) is 34.0 Å². The van der Waals surface area contributed by atoms with Crippen LogP contribution in [-0.2, 0) is 14.1 Å². The maximum absolute atomic E-state index is 12.8. The predicted molar refractivity (Wildman–Crippen MR) is 101 cm³/mol. The lowest BCUT2D eigenvalue weighted by molar-refractivity contribution is 0.102. The van der Waals surface area contributed by atoms with Crippen LogP contribution in [0.1, 0.15) is 27.0 Å². The van der Waals surface area contributed by atoms with E-state index in [1.54, 1.807) is 26.1 Å². The molecule has 0 fully saturated rings. The van der Waals surface area contributed by atoms with Crippen molar-refractivity contribution in [1.82, 2.24) is 14.1 Å². The van der Waals surface area contributed by atoms with Gasteiger partial charge in [0.05, 0.1) is 5.69 Å². The molecule has 0 bridgehead atoms. The van der Waals surface area contributed by atoms with Crippen LogP contribution in [0.5, 0.6) is 0 Å². The zero-order valence-electron chi connectivity index (χ0n) is 15.4. The smallest absolute Gasteiger partial charge is 0.321 e. The van der Waals surface area contributed by atoms with Gasteiger partial charge < -0.3 is 5.32 Å². The molecule has 7 nitrogen and oxygen atoms in total. The second kappa shape index (κ2) is 6.25. The summed E-state index contributed by atoms with van der Waals surface area (Å²) < 4.78 is 2.30. The van der Waals surface area contributed by atoms with Gasteiger partial charge in [0.1, 0.15) is 5.39 Å². The SMILES string of the molecule is Cc1cc(C)cc(C(=O)Nc2c(C)cnc3c2c(=O)n(C)c(=O)n3C)c1. The molecule has 0 aliphatic rings. The van der Waals surface area contributed by atoms with Gasteiger partial charge in [0.2, 0.25) is 0 Å². The van der Waals surface area contributed by atoms with Crippen molar-refractivity contribution in [3.05, 3.63) is 67.5 Å². The van der Waals surface area contributed by atoms with E-state index in [4.69, 9.17) is 0 Å². The highest BCUT2D eigenvalue weighted by molar-refractivity contribution is 6.09. The quantitative estimate of drug-likeness (QED) is 0.762. The first-order chi connectivity index (χ1) is 12.2. The monoisotopic (exact) mass is 352 g/mol. The summed E-state index contributed by atoms with van der Waals surface area (Å²) in [5, 5.41) is 3.05. The van der Waals surface area contributed by atoms with E-state index in [1.807, 2.05) is 19.9 Å². The topological polar surface area (TPSA) is 86.0 Å². The highest BCUT2D eigenvalue weighted by Crippen LogP contribution is 2.22. The van der Waals surface area contributed by atoms with Crippen molar-refractivity contribution >= 4 is 22.6 Å². The molecule has 134 valence electrons. The Morgan fingerprint density at radius 3 is 2.23 bits per heavy atom. The molecule has 1 N–H and O–H groups in total. The first-order valence-corrected chi connectivity index (χ1v) is 8.15. The van der Waals surface area contributed by atoms with Crippen molar-refractivity contribution in [1.29, 1.82) is 0 Å². The minimum absolute atomic E-state index is 0.215. The van der Waals surface area contributed by atoms with Gasteiger partial charge in [-0.15, -0.1) is 0 Å². The van der Waals surface area contributed by atoms with Gasteiger partial charge in [-0.3, -0.25) is 18.7 Å². The van der Waals surface area contributed by atoms with E-state index in [0.29, 0.717) is 16.8 Å². The third kappa shape index (κ3) is 2.81. The number of hydrogen-bond donors (Lipinski definition) is 1. The van der Waals surface area contributed by atoms with Gasteiger partial charge in [0.15, 0.2) is 5.65 Å². The molecular weight excluding hydrogens is 332 g/mol. The number of aromatic nitrogens is 3. The number of nitrogens with one attached hydrogen (secondary N) is 1. The van der Waals surface area contributed by atoms with Gasteiger partial charge in [-0.25, -0.2) is 9.78 Å². The zero-order valence-corrected chi connectivity index (χ0v) is 15.4. The van der Waals surface area contributed by atoms with Gasteiger partial charge >= 0.3 is 5.69 Å². The lowest BCUT2D eigenvalue weighted by Gasteiger charge is -2.14. The van der Waals surface area contributed by atoms with Gasteiger partial charge in [-0.2, -0.15) is 0 Å². The van der Waals surface area contributed by atoms with E-state index >= 15 is 0 Å². The van der Waals surface area contributed by atoms with E-state index in [1.165, 1.54) is 17.8 Å². The second-order valence-corrected chi connectivity index (χ2v) is 6.55. The summed E-state index contributed by atoms with van der Waals surface area (Å²) in [6, 6.07) is 5.55. The summed E-state index contributed by atoms with van der Waals surface area (Å²) in [7, 11) is 2.95. The third-order valence-electron chi connectivity index (χ3n) is 4.38. The number of rotatable bonds is 2. The van der Waals surface area contributed by atoms with Gasteiger partial charge in [0.25, 0.3) is 11.5 Å². The Morgan fingerprint density at radius 1 is 1.00 bits per heavy atom. The Morgan fingerprint density at radius 2 is 1.62 bits per heavy atom. The predicted octanol–water partition coefficient (Wildman–Crippen LogP) is 1.81. The molecule has 0 aliphatic heterocycles. The molecule has 2 aromatic heterocycles. The minimum atomic E-state index is -0.491. The van der Waals surface area contributed by atoms with Crippen molar-refractivity contribution in [2.24, 2.45) is 14.1 Å². The van der Waals surface area contributed by atoms with Gasteiger partial charge in [0, 0.05) is 25.9 Å². The molecule has 26 heavy (non-hydrogen) atoms. The molecular formula is C19H20N4O3. The van der Waals surface area contributed by atoms with Crippen molar-refractivity contribution in [3.8, 4) is 0 Å². The number of carbonyl (C=O) groups is 1. The normalized spacial score (nSPS) is 11.0. The van der Waals surface area contributed by atoms with Crippen LogP contribution in [0.25, 0.3) is 11.0 Å². The number of fused-ring (bicyclic) bond motifs is 1. The summed E-state index contributed by atoms with van der Waals surface area (Å²) in [4.78, 5) is 41.7. The Labute approximate surface area is 149 Å². The number of amides is 1. The van der Waals surface area contributed by atoms with E-state index in [-0.39, 0.29) is 16.9 Å². The molecule has 0 aliphatic carbocycles. The average molecular weight is 352 g/mol. The zero-order chi connectivity index (χ0) is 19.2. The van der Waals surface area contributed by atoms with Gasteiger partial charge in [-0.05, 0) is 38.5 Å². The Hall–Kier alpha value is -3.22.